The van der Waals surface area contributed by atoms with E-state index in [4.69, 9.17) is 33.0 Å². The Hall–Kier alpha value is -0.280. The molecule has 0 bridgehead atoms. The van der Waals surface area contributed by atoms with E-state index >= 15 is 0 Å². The van der Waals surface area contributed by atoms with Crippen molar-refractivity contribution in [3.63, 3.8) is 0 Å². The zero-order valence-electron chi connectivity index (χ0n) is 9.41. The number of hydrogen-bond acceptors (Lipinski definition) is 2. The summed E-state index contributed by atoms with van der Waals surface area (Å²) >= 11 is 12.0. The lowest BCUT2D eigenvalue weighted by Gasteiger charge is -2.19. The number of aliphatic hydroxyl groups is 1. The van der Waals surface area contributed by atoms with Gasteiger partial charge in [0.1, 0.15) is 0 Å². The van der Waals surface area contributed by atoms with Gasteiger partial charge >= 0.3 is 0 Å². The molecular formula is C12H16Cl2O2. The van der Waals surface area contributed by atoms with Gasteiger partial charge in [-0.25, -0.2) is 0 Å². The maximum absolute atomic E-state index is 9.12. The van der Waals surface area contributed by atoms with Crippen molar-refractivity contribution in [3.8, 4) is 0 Å². The Labute approximate surface area is 106 Å². The Kier molecular flexibility index (Phi) is 5.56. The Balaban J connectivity index is 2.67. The SMILES string of the molecule is CC(C)[C@H](CO)OCc1c(Cl)cccc1Cl. The molecule has 1 N–H and O–H groups in total. The molecule has 0 amide bonds. The van der Waals surface area contributed by atoms with E-state index in [1.54, 1.807) is 18.2 Å². The standard InChI is InChI=1S/C12H16Cl2O2/c1-8(2)12(6-15)16-7-9-10(13)4-3-5-11(9)14/h3-5,8,12,15H,6-7H2,1-2H3/t12-/m0/s1. The largest absolute Gasteiger partial charge is 0.394 e. The number of rotatable bonds is 5. The van der Waals surface area contributed by atoms with Crippen LogP contribution in [0.5, 0.6) is 0 Å². The maximum atomic E-state index is 9.12. The Bertz CT molecular complexity index is 320. The fraction of sp³-hybridized carbons (Fsp3) is 0.500. The Morgan fingerprint density at radius 2 is 1.81 bits per heavy atom. The van der Waals surface area contributed by atoms with E-state index in [1.165, 1.54) is 0 Å². The van der Waals surface area contributed by atoms with E-state index in [0.29, 0.717) is 16.7 Å². The van der Waals surface area contributed by atoms with Crippen molar-refractivity contribution >= 4 is 23.2 Å². The van der Waals surface area contributed by atoms with E-state index in [2.05, 4.69) is 0 Å². The van der Waals surface area contributed by atoms with Gasteiger partial charge in [-0.3, -0.25) is 0 Å². The molecule has 4 heteroatoms. The molecule has 1 aromatic rings. The molecule has 0 saturated heterocycles. The summed E-state index contributed by atoms with van der Waals surface area (Å²) in [5.41, 5.74) is 0.768. The molecule has 0 aromatic heterocycles. The van der Waals surface area contributed by atoms with E-state index < -0.39 is 0 Å². The maximum Gasteiger partial charge on any atom is 0.0833 e. The predicted molar refractivity (Wildman–Crippen MR) is 67.0 cm³/mol. The van der Waals surface area contributed by atoms with Gasteiger partial charge in [0.05, 0.1) is 19.3 Å². The molecule has 1 aromatic carbocycles. The molecule has 0 fully saturated rings. The van der Waals surface area contributed by atoms with E-state index in [9.17, 15) is 0 Å². The fourth-order valence-electron chi connectivity index (χ4n) is 1.32. The van der Waals surface area contributed by atoms with E-state index in [0.717, 1.165) is 5.56 Å². The van der Waals surface area contributed by atoms with Gasteiger partial charge < -0.3 is 9.84 Å². The van der Waals surface area contributed by atoms with Crippen LogP contribution in [0.15, 0.2) is 18.2 Å². The Morgan fingerprint density at radius 3 is 2.25 bits per heavy atom. The zero-order chi connectivity index (χ0) is 12.1. The normalized spacial score (nSPS) is 13.1. The van der Waals surface area contributed by atoms with Crippen LogP contribution >= 0.6 is 23.2 Å². The number of hydrogen-bond donors (Lipinski definition) is 1. The van der Waals surface area contributed by atoms with Crippen molar-refractivity contribution < 1.29 is 9.84 Å². The zero-order valence-corrected chi connectivity index (χ0v) is 10.9. The Morgan fingerprint density at radius 1 is 1.25 bits per heavy atom. The van der Waals surface area contributed by atoms with Crippen LogP contribution in [0.25, 0.3) is 0 Å². The lowest BCUT2D eigenvalue weighted by Crippen LogP contribution is -2.23. The molecule has 16 heavy (non-hydrogen) atoms. The van der Waals surface area contributed by atoms with Crippen molar-refractivity contribution in [3.05, 3.63) is 33.8 Å². The highest BCUT2D eigenvalue weighted by molar-refractivity contribution is 6.35. The molecule has 90 valence electrons. The lowest BCUT2D eigenvalue weighted by molar-refractivity contribution is -0.0239. The van der Waals surface area contributed by atoms with Crippen LogP contribution in [0.4, 0.5) is 0 Å². The van der Waals surface area contributed by atoms with Gasteiger partial charge in [0, 0.05) is 15.6 Å². The molecular weight excluding hydrogens is 247 g/mol. The molecule has 1 atom stereocenters. The molecule has 0 radical (unpaired) electrons. The predicted octanol–water partition coefficient (Wildman–Crippen LogP) is 3.53. The number of benzene rings is 1. The first-order valence-corrected chi connectivity index (χ1v) is 5.97. The third kappa shape index (κ3) is 3.63. The summed E-state index contributed by atoms with van der Waals surface area (Å²) in [7, 11) is 0. The van der Waals surface area contributed by atoms with Crippen molar-refractivity contribution in [2.24, 2.45) is 5.92 Å². The summed E-state index contributed by atoms with van der Waals surface area (Å²) in [6.07, 6.45) is -0.188. The van der Waals surface area contributed by atoms with E-state index in [-0.39, 0.29) is 18.6 Å². The van der Waals surface area contributed by atoms with Gasteiger partial charge in [-0.1, -0.05) is 43.1 Å². The van der Waals surface area contributed by atoms with Crippen LogP contribution < -0.4 is 0 Å². The molecule has 2 nitrogen and oxygen atoms in total. The van der Waals surface area contributed by atoms with Crippen LogP contribution in [-0.2, 0) is 11.3 Å². The van der Waals surface area contributed by atoms with Gasteiger partial charge in [0.25, 0.3) is 0 Å². The number of halogens is 2. The second-order valence-corrected chi connectivity index (χ2v) is 4.79. The summed E-state index contributed by atoms with van der Waals surface area (Å²) < 4.78 is 5.58. The quantitative estimate of drug-likeness (QED) is 0.880. The van der Waals surface area contributed by atoms with Crippen LogP contribution in [-0.4, -0.2) is 17.8 Å². The molecule has 0 aliphatic carbocycles. The second-order valence-electron chi connectivity index (χ2n) is 3.98. The topological polar surface area (TPSA) is 29.5 Å². The molecule has 0 unspecified atom stereocenters. The minimum atomic E-state index is -0.188. The first-order valence-electron chi connectivity index (χ1n) is 5.21. The van der Waals surface area contributed by atoms with Gasteiger partial charge in [-0.05, 0) is 18.1 Å². The summed E-state index contributed by atoms with van der Waals surface area (Å²) in [5, 5.41) is 10.3. The van der Waals surface area contributed by atoms with Gasteiger partial charge in [-0.15, -0.1) is 0 Å². The summed E-state index contributed by atoms with van der Waals surface area (Å²) in [5.74, 6) is 0.256. The van der Waals surface area contributed by atoms with Gasteiger partial charge in [-0.2, -0.15) is 0 Å². The molecule has 0 saturated carbocycles. The fourth-order valence-corrected chi connectivity index (χ4v) is 1.82. The highest BCUT2D eigenvalue weighted by Crippen LogP contribution is 2.25. The molecule has 1 rings (SSSR count). The lowest BCUT2D eigenvalue weighted by atomic mass is 10.1. The first kappa shape index (κ1) is 13.8. The van der Waals surface area contributed by atoms with Crippen LogP contribution in [0.3, 0.4) is 0 Å². The molecule has 0 aliphatic rings. The van der Waals surface area contributed by atoms with Crippen molar-refractivity contribution in [1.29, 1.82) is 0 Å². The van der Waals surface area contributed by atoms with Gasteiger partial charge in [0.2, 0.25) is 0 Å². The number of ether oxygens (including phenoxy) is 1. The third-order valence-corrected chi connectivity index (χ3v) is 3.14. The molecule has 0 heterocycles. The molecule has 0 spiro atoms. The second kappa shape index (κ2) is 6.45. The van der Waals surface area contributed by atoms with Gasteiger partial charge in [0.15, 0.2) is 0 Å². The summed E-state index contributed by atoms with van der Waals surface area (Å²) in [4.78, 5) is 0. The first-order chi connectivity index (χ1) is 7.56. The molecule has 0 aliphatic heterocycles. The monoisotopic (exact) mass is 262 g/mol. The average molecular weight is 263 g/mol. The summed E-state index contributed by atoms with van der Waals surface area (Å²) in [6.45, 7) is 4.31. The average Bonchev–Trinajstić information content (AvgIpc) is 2.22. The van der Waals surface area contributed by atoms with E-state index in [1.807, 2.05) is 13.8 Å². The number of aliphatic hydroxyl groups excluding tert-OH is 1. The van der Waals surface area contributed by atoms with Crippen LogP contribution in [0.2, 0.25) is 10.0 Å². The minimum Gasteiger partial charge on any atom is -0.394 e. The van der Waals surface area contributed by atoms with Crippen LogP contribution in [0, 0.1) is 5.92 Å². The van der Waals surface area contributed by atoms with Crippen molar-refractivity contribution in [2.45, 2.75) is 26.6 Å². The van der Waals surface area contributed by atoms with Crippen molar-refractivity contribution in [2.75, 3.05) is 6.61 Å². The smallest absolute Gasteiger partial charge is 0.0833 e. The van der Waals surface area contributed by atoms with Crippen LogP contribution in [0.1, 0.15) is 19.4 Å². The highest BCUT2D eigenvalue weighted by Gasteiger charge is 2.14. The third-order valence-electron chi connectivity index (χ3n) is 2.43. The summed E-state index contributed by atoms with van der Waals surface area (Å²) in [6, 6.07) is 5.34. The van der Waals surface area contributed by atoms with Crippen molar-refractivity contribution in [1.82, 2.24) is 0 Å². The minimum absolute atomic E-state index is 0.000260. The highest BCUT2D eigenvalue weighted by atomic mass is 35.5.